The molecule has 0 bridgehead atoms. The Hall–Kier alpha value is -2.53. The first-order valence-electron chi connectivity index (χ1n) is 7.26. The maximum absolute atomic E-state index is 11.8. The van der Waals surface area contributed by atoms with Crippen LogP contribution in [0.5, 0.6) is 0 Å². The van der Waals surface area contributed by atoms with Crippen LogP contribution in [0.2, 0.25) is 0 Å². The number of carbonyl (C=O) groups is 1. The van der Waals surface area contributed by atoms with Crippen molar-refractivity contribution < 1.29 is 13.9 Å². The Balaban J connectivity index is 1.57. The summed E-state index contributed by atoms with van der Waals surface area (Å²) in [5, 5.41) is 2.82. The van der Waals surface area contributed by atoms with Gasteiger partial charge >= 0.3 is 0 Å². The number of rotatable bonds is 4. The molecule has 5 nitrogen and oxygen atoms in total. The van der Waals surface area contributed by atoms with Crippen LogP contribution in [0.15, 0.2) is 53.2 Å². The van der Waals surface area contributed by atoms with Crippen molar-refractivity contribution in [2.24, 2.45) is 0 Å². The van der Waals surface area contributed by atoms with Gasteiger partial charge in [0.1, 0.15) is 5.76 Å². The largest absolute Gasteiger partial charge is 0.465 e. The first kappa shape index (κ1) is 14.4. The maximum Gasteiger partial charge on any atom is 0.248 e. The van der Waals surface area contributed by atoms with Crippen LogP contribution >= 0.6 is 0 Å². The fraction of sp³-hybridized carbons (Fsp3) is 0.235. The van der Waals surface area contributed by atoms with E-state index in [4.69, 9.17) is 9.15 Å². The summed E-state index contributed by atoms with van der Waals surface area (Å²) in [5.41, 5.74) is 1.92. The van der Waals surface area contributed by atoms with Crippen molar-refractivity contribution in [1.29, 1.82) is 0 Å². The highest BCUT2D eigenvalue weighted by Gasteiger charge is 2.10. The van der Waals surface area contributed by atoms with Gasteiger partial charge < -0.3 is 19.4 Å². The average molecular weight is 298 g/mol. The van der Waals surface area contributed by atoms with Gasteiger partial charge in [0.05, 0.1) is 19.5 Å². The number of hydrogen-bond donors (Lipinski definition) is 1. The Labute approximate surface area is 129 Å². The zero-order chi connectivity index (χ0) is 15.2. The standard InChI is InChI=1S/C17H18N2O3/c20-17(8-7-16-2-1-11-22-16)18-14-3-5-15(6-4-14)19-9-12-21-13-10-19/h1-8,11H,9-10,12-13H2,(H,18,20). The second kappa shape index (κ2) is 6.95. The second-order valence-corrected chi connectivity index (χ2v) is 4.98. The molecule has 0 unspecified atom stereocenters. The summed E-state index contributed by atoms with van der Waals surface area (Å²) in [7, 11) is 0. The van der Waals surface area contributed by atoms with Crippen molar-refractivity contribution in [3.63, 3.8) is 0 Å². The summed E-state index contributed by atoms with van der Waals surface area (Å²) in [4.78, 5) is 14.1. The molecule has 0 atom stereocenters. The molecule has 114 valence electrons. The lowest BCUT2D eigenvalue weighted by Crippen LogP contribution is -2.36. The monoisotopic (exact) mass is 298 g/mol. The molecule has 22 heavy (non-hydrogen) atoms. The minimum atomic E-state index is -0.185. The molecule has 1 aliphatic heterocycles. The van der Waals surface area contributed by atoms with Crippen LogP contribution in [0, 0.1) is 0 Å². The summed E-state index contributed by atoms with van der Waals surface area (Å²) < 4.78 is 10.5. The van der Waals surface area contributed by atoms with Gasteiger partial charge in [-0.15, -0.1) is 0 Å². The Morgan fingerprint density at radius 2 is 1.91 bits per heavy atom. The van der Waals surface area contributed by atoms with E-state index in [2.05, 4.69) is 10.2 Å². The van der Waals surface area contributed by atoms with Gasteiger partial charge in [-0.3, -0.25) is 4.79 Å². The molecule has 2 heterocycles. The van der Waals surface area contributed by atoms with Gasteiger partial charge in [-0.05, 0) is 42.5 Å². The summed E-state index contributed by atoms with van der Waals surface area (Å²) in [6.45, 7) is 3.32. The molecule has 5 heteroatoms. The van der Waals surface area contributed by atoms with E-state index in [9.17, 15) is 4.79 Å². The van der Waals surface area contributed by atoms with E-state index < -0.39 is 0 Å². The molecular formula is C17H18N2O3. The molecule has 1 saturated heterocycles. The Morgan fingerprint density at radius 1 is 1.14 bits per heavy atom. The zero-order valence-electron chi connectivity index (χ0n) is 12.2. The van der Waals surface area contributed by atoms with Gasteiger partial charge in [0.2, 0.25) is 5.91 Å². The summed E-state index contributed by atoms with van der Waals surface area (Å²) >= 11 is 0. The highest BCUT2D eigenvalue weighted by Crippen LogP contribution is 2.19. The third-order valence-corrected chi connectivity index (χ3v) is 3.45. The van der Waals surface area contributed by atoms with Crippen LogP contribution in [0.25, 0.3) is 6.08 Å². The number of carbonyl (C=O) groups excluding carboxylic acids is 1. The van der Waals surface area contributed by atoms with E-state index in [0.717, 1.165) is 37.7 Å². The van der Waals surface area contributed by atoms with Crippen molar-refractivity contribution >= 4 is 23.4 Å². The second-order valence-electron chi connectivity index (χ2n) is 4.98. The number of ether oxygens (including phenoxy) is 1. The number of anilines is 2. The maximum atomic E-state index is 11.8. The van der Waals surface area contributed by atoms with Crippen molar-refractivity contribution in [3.05, 3.63) is 54.5 Å². The molecule has 0 spiro atoms. The topological polar surface area (TPSA) is 54.7 Å². The molecule has 0 saturated carbocycles. The van der Waals surface area contributed by atoms with Gasteiger partial charge in [0, 0.05) is 30.5 Å². The molecule has 1 fully saturated rings. The minimum absolute atomic E-state index is 0.185. The predicted octanol–water partition coefficient (Wildman–Crippen LogP) is 2.77. The van der Waals surface area contributed by atoms with E-state index in [1.165, 1.54) is 6.08 Å². The molecule has 1 aliphatic rings. The number of hydrogen-bond acceptors (Lipinski definition) is 4. The number of morpholine rings is 1. The number of amides is 1. The van der Waals surface area contributed by atoms with Gasteiger partial charge in [-0.1, -0.05) is 0 Å². The van der Waals surface area contributed by atoms with E-state index in [1.54, 1.807) is 24.5 Å². The van der Waals surface area contributed by atoms with Crippen molar-refractivity contribution in [3.8, 4) is 0 Å². The highest BCUT2D eigenvalue weighted by atomic mass is 16.5. The van der Waals surface area contributed by atoms with E-state index in [1.807, 2.05) is 24.3 Å². The van der Waals surface area contributed by atoms with Crippen molar-refractivity contribution in [2.45, 2.75) is 0 Å². The lowest BCUT2D eigenvalue weighted by atomic mass is 10.2. The van der Waals surface area contributed by atoms with E-state index in [0.29, 0.717) is 5.76 Å². The normalized spacial score (nSPS) is 15.2. The Kier molecular flexibility index (Phi) is 4.56. The lowest BCUT2D eigenvalue weighted by molar-refractivity contribution is -0.111. The molecule has 0 aliphatic carbocycles. The summed E-state index contributed by atoms with van der Waals surface area (Å²) in [6, 6.07) is 11.4. The first-order chi connectivity index (χ1) is 10.8. The molecule has 3 rings (SSSR count). The highest BCUT2D eigenvalue weighted by molar-refractivity contribution is 6.01. The predicted molar refractivity (Wildman–Crippen MR) is 85.8 cm³/mol. The Bertz CT molecular complexity index is 626. The van der Waals surface area contributed by atoms with Crippen LogP contribution in [-0.4, -0.2) is 32.2 Å². The number of nitrogens with zero attached hydrogens (tertiary/aromatic N) is 1. The molecule has 1 aromatic heterocycles. The number of furan rings is 1. The first-order valence-corrected chi connectivity index (χ1v) is 7.26. The summed E-state index contributed by atoms with van der Waals surface area (Å²) in [5.74, 6) is 0.466. The molecule has 0 radical (unpaired) electrons. The van der Waals surface area contributed by atoms with Crippen molar-refractivity contribution in [1.82, 2.24) is 0 Å². The molecule has 1 amide bonds. The van der Waals surface area contributed by atoms with E-state index >= 15 is 0 Å². The van der Waals surface area contributed by atoms with Gasteiger partial charge in [0.25, 0.3) is 0 Å². The fourth-order valence-electron chi connectivity index (χ4n) is 2.30. The van der Waals surface area contributed by atoms with Crippen LogP contribution in [0.4, 0.5) is 11.4 Å². The van der Waals surface area contributed by atoms with Gasteiger partial charge in [-0.2, -0.15) is 0 Å². The molecule has 2 aromatic rings. The number of nitrogens with one attached hydrogen (secondary N) is 1. The van der Waals surface area contributed by atoms with Crippen LogP contribution in [0.3, 0.4) is 0 Å². The minimum Gasteiger partial charge on any atom is -0.465 e. The lowest BCUT2D eigenvalue weighted by Gasteiger charge is -2.28. The average Bonchev–Trinajstić information content (AvgIpc) is 3.08. The summed E-state index contributed by atoms with van der Waals surface area (Å²) in [6.07, 6.45) is 4.66. The Morgan fingerprint density at radius 3 is 2.59 bits per heavy atom. The molecule has 1 N–H and O–H groups in total. The fourth-order valence-corrected chi connectivity index (χ4v) is 2.30. The zero-order valence-corrected chi connectivity index (χ0v) is 12.2. The van der Waals surface area contributed by atoms with Crippen molar-refractivity contribution in [2.75, 3.05) is 36.5 Å². The third-order valence-electron chi connectivity index (χ3n) is 3.45. The van der Waals surface area contributed by atoms with Crippen LogP contribution < -0.4 is 10.2 Å². The smallest absolute Gasteiger partial charge is 0.248 e. The molecule has 1 aromatic carbocycles. The van der Waals surface area contributed by atoms with E-state index in [-0.39, 0.29) is 5.91 Å². The third kappa shape index (κ3) is 3.77. The quantitative estimate of drug-likeness (QED) is 0.882. The number of benzene rings is 1. The van der Waals surface area contributed by atoms with Gasteiger partial charge in [0.15, 0.2) is 0 Å². The van der Waals surface area contributed by atoms with Crippen LogP contribution in [0.1, 0.15) is 5.76 Å². The van der Waals surface area contributed by atoms with Gasteiger partial charge in [-0.25, -0.2) is 0 Å². The molecular weight excluding hydrogens is 280 g/mol. The SMILES string of the molecule is O=C(C=Cc1ccco1)Nc1ccc(N2CCOCC2)cc1. The van der Waals surface area contributed by atoms with Crippen LogP contribution in [-0.2, 0) is 9.53 Å².